The van der Waals surface area contributed by atoms with E-state index in [0.717, 1.165) is 0 Å². The van der Waals surface area contributed by atoms with Gasteiger partial charge >= 0.3 is 12.0 Å². The molecule has 0 aliphatic carbocycles. The van der Waals surface area contributed by atoms with E-state index in [1.54, 1.807) is 30.3 Å². The number of aromatic nitrogens is 2. The zero-order valence-electron chi connectivity index (χ0n) is 14.5. The second kappa shape index (κ2) is 8.61. The summed E-state index contributed by atoms with van der Waals surface area (Å²) in [4.78, 5) is 20.1. The number of carbonyl (C=O) groups is 1. The highest BCUT2D eigenvalue weighted by Gasteiger charge is 2.09. The van der Waals surface area contributed by atoms with Gasteiger partial charge in [0, 0.05) is 0 Å². The Morgan fingerprint density at radius 1 is 1.00 bits per heavy atom. The molecule has 2 aromatic carbocycles. The Morgan fingerprint density at radius 2 is 1.67 bits per heavy atom. The topological polar surface area (TPSA) is 85.4 Å². The molecule has 3 rings (SSSR count). The van der Waals surface area contributed by atoms with Crippen molar-refractivity contribution in [1.82, 2.24) is 9.97 Å². The molecule has 0 bridgehead atoms. The summed E-state index contributed by atoms with van der Waals surface area (Å²) in [5.74, 6) is 0.0687. The molecule has 0 saturated heterocycles. The van der Waals surface area contributed by atoms with Crippen LogP contribution in [0, 0.1) is 5.82 Å². The van der Waals surface area contributed by atoms with Crippen LogP contribution in [-0.2, 0) is 0 Å². The molecule has 0 aliphatic heterocycles. The maximum atomic E-state index is 13.6. The van der Waals surface area contributed by atoms with Crippen LogP contribution in [0.25, 0.3) is 0 Å². The van der Waals surface area contributed by atoms with E-state index >= 15 is 0 Å². The quantitative estimate of drug-likeness (QED) is 0.671. The number of amides is 2. The zero-order valence-corrected chi connectivity index (χ0v) is 14.5. The molecule has 0 radical (unpaired) electrons. The van der Waals surface area contributed by atoms with Gasteiger partial charge in [0.1, 0.15) is 5.75 Å². The molecule has 3 aromatic rings. The fourth-order valence-corrected chi connectivity index (χ4v) is 2.20. The summed E-state index contributed by atoms with van der Waals surface area (Å²) in [5.41, 5.74) is 0.888. The molecule has 0 atom stereocenters. The number of nitrogens with zero attached hydrogens (tertiary/aromatic N) is 2. The van der Waals surface area contributed by atoms with Crippen LogP contribution in [0.3, 0.4) is 0 Å². The number of para-hydroxylation sites is 3. The summed E-state index contributed by atoms with van der Waals surface area (Å²) in [6.07, 6.45) is 2.72. The monoisotopic (exact) mass is 368 g/mol. The van der Waals surface area contributed by atoms with Crippen molar-refractivity contribution in [3.63, 3.8) is 0 Å². The van der Waals surface area contributed by atoms with Crippen molar-refractivity contribution in [3.05, 3.63) is 66.7 Å². The Labute approximate surface area is 155 Å². The van der Waals surface area contributed by atoms with Gasteiger partial charge in [-0.2, -0.15) is 0 Å². The van der Waals surface area contributed by atoms with Gasteiger partial charge in [-0.05, 0) is 31.2 Å². The molecule has 0 unspecified atom stereocenters. The van der Waals surface area contributed by atoms with Crippen LogP contribution in [0.4, 0.5) is 20.6 Å². The molecule has 0 fully saturated rings. The maximum Gasteiger partial charge on any atom is 0.323 e. The predicted molar refractivity (Wildman–Crippen MR) is 98.8 cm³/mol. The van der Waals surface area contributed by atoms with Crippen molar-refractivity contribution >= 4 is 17.4 Å². The van der Waals surface area contributed by atoms with E-state index in [2.05, 4.69) is 20.6 Å². The van der Waals surface area contributed by atoms with Crippen LogP contribution in [0.15, 0.2) is 60.9 Å². The van der Waals surface area contributed by atoms with Gasteiger partial charge in [0.2, 0.25) is 0 Å². The third kappa shape index (κ3) is 4.91. The van der Waals surface area contributed by atoms with Crippen molar-refractivity contribution in [1.29, 1.82) is 0 Å². The van der Waals surface area contributed by atoms with E-state index in [1.165, 1.54) is 24.5 Å². The first-order valence-corrected chi connectivity index (χ1v) is 8.20. The van der Waals surface area contributed by atoms with Crippen LogP contribution < -0.4 is 20.1 Å². The molecule has 0 spiro atoms. The Bertz CT molecular complexity index is 919. The van der Waals surface area contributed by atoms with Crippen LogP contribution in [-0.4, -0.2) is 22.6 Å². The molecule has 0 saturated carbocycles. The van der Waals surface area contributed by atoms with Crippen LogP contribution in [0.5, 0.6) is 17.5 Å². The minimum absolute atomic E-state index is 0.0171. The van der Waals surface area contributed by atoms with E-state index in [9.17, 15) is 9.18 Å². The number of urea groups is 1. The first-order chi connectivity index (χ1) is 13.2. The predicted octanol–water partition coefficient (Wildman–Crippen LogP) is 4.45. The number of carbonyl (C=O) groups excluding carboxylic acids is 1. The minimum Gasteiger partial charge on any atom is -0.492 e. The van der Waals surface area contributed by atoms with Gasteiger partial charge in [0.15, 0.2) is 11.6 Å². The minimum atomic E-state index is -0.518. The van der Waals surface area contributed by atoms with E-state index in [1.807, 2.05) is 13.0 Å². The average Bonchev–Trinajstić information content (AvgIpc) is 2.67. The molecule has 138 valence electrons. The Morgan fingerprint density at radius 3 is 2.37 bits per heavy atom. The molecule has 1 heterocycles. The second-order valence-electron chi connectivity index (χ2n) is 5.30. The number of anilines is 2. The number of halogens is 1. The molecule has 0 aliphatic rings. The van der Waals surface area contributed by atoms with E-state index in [4.69, 9.17) is 9.47 Å². The fraction of sp³-hybridized carbons (Fsp3) is 0.105. The fourth-order valence-electron chi connectivity index (χ4n) is 2.20. The van der Waals surface area contributed by atoms with Crippen molar-refractivity contribution in [2.24, 2.45) is 0 Å². The van der Waals surface area contributed by atoms with Gasteiger partial charge in [-0.3, -0.25) is 0 Å². The summed E-state index contributed by atoms with van der Waals surface area (Å²) >= 11 is 0. The Kier molecular flexibility index (Phi) is 5.78. The van der Waals surface area contributed by atoms with Gasteiger partial charge < -0.3 is 20.1 Å². The normalized spacial score (nSPS) is 10.1. The maximum absolute atomic E-state index is 13.6. The van der Waals surface area contributed by atoms with Gasteiger partial charge in [0.25, 0.3) is 0 Å². The number of hydrogen-bond donors (Lipinski definition) is 2. The van der Waals surface area contributed by atoms with Gasteiger partial charge in [-0.15, -0.1) is 0 Å². The third-order valence-corrected chi connectivity index (χ3v) is 3.36. The van der Waals surface area contributed by atoms with Crippen molar-refractivity contribution < 1.29 is 18.7 Å². The highest BCUT2D eigenvalue weighted by molar-refractivity contribution is 6.00. The molecule has 7 nitrogen and oxygen atoms in total. The lowest BCUT2D eigenvalue weighted by Gasteiger charge is -2.12. The molecule has 1 aromatic heterocycles. The lowest BCUT2D eigenvalue weighted by molar-refractivity contribution is 0.262. The summed E-state index contributed by atoms with van der Waals surface area (Å²) in [6, 6.07) is 12.5. The van der Waals surface area contributed by atoms with Gasteiger partial charge in [0.05, 0.1) is 30.4 Å². The summed E-state index contributed by atoms with van der Waals surface area (Å²) in [5, 5.41) is 5.30. The lowest BCUT2D eigenvalue weighted by atomic mass is 10.3. The smallest absolute Gasteiger partial charge is 0.323 e. The Balaban J connectivity index is 1.61. The molecule has 27 heavy (non-hydrogen) atoms. The highest BCUT2D eigenvalue weighted by Crippen LogP contribution is 2.24. The number of hydrogen-bond acceptors (Lipinski definition) is 5. The van der Waals surface area contributed by atoms with Gasteiger partial charge in [-0.1, -0.05) is 24.3 Å². The average molecular weight is 368 g/mol. The molecular weight excluding hydrogens is 351 g/mol. The van der Waals surface area contributed by atoms with Crippen molar-refractivity contribution in [3.8, 4) is 17.5 Å². The molecule has 2 amide bonds. The first-order valence-electron chi connectivity index (χ1n) is 8.20. The lowest BCUT2D eigenvalue weighted by Crippen LogP contribution is -2.20. The third-order valence-electron chi connectivity index (χ3n) is 3.36. The van der Waals surface area contributed by atoms with E-state index in [-0.39, 0.29) is 11.8 Å². The SMILES string of the molecule is CCOc1ccccc1NC(=O)Nc1cnc(Oc2ccccc2F)nc1. The highest BCUT2D eigenvalue weighted by atomic mass is 19.1. The summed E-state index contributed by atoms with van der Waals surface area (Å²) in [7, 11) is 0. The van der Waals surface area contributed by atoms with Crippen LogP contribution >= 0.6 is 0 Å². The molecular formula is C19H17FN4O3. The molecule has 8 heteroatoms. The molecule has 2 N–H and O–H groups in total. The van der Waals surface area contributed by atoms with Gasteiger partial charge in [-0.25, -0.2) is 19.2 Å². The number of nitrogens with one attached hydrogen (secondary N) is 2. The van der Waals surface area contributed by atoms with E-state index in [0.29, 0.717) is 23.7 Å². The number of ether oxygens (including phenoxy) is 2. The van der Waals surface area contributed by atoms with Crippen LogP contribution in [0.1, 0.15) is 6.92 Å². The number of rotatable bonds is 6. The van der Waals surface area contributed by atoms with Crippen LogP contribution in [0.2, 0.25) is 0 Å². The summed E-state index contributed by atoms with van der Waals surface area (Å²) < 4.78 is 24.3. The standard InChI is InChI=1S/C19H17FN4O3/c1-2-26-17-10-6-4-8-15(17)24-18(25)23-13-11-21-19(22-12-13)27-16-9-5-3-7-14(16)20/h3-12H,2H2,1H3,(H2,23,24,25). The Hall–Kier alpha value is -3.68. The first kappa shape index (κ1) is 18.1. The summed E-state index contributed by atoms with van der Waals surface area (Å²) in [6.45, 7) is 2.34. The van der Waals surface area contributed by atoms with E-state index < -0.39 is 11.8 Å². The largest absolute Gasteiger partial charge is 0.492 e. The number of benzene rings is 2. The van der Waals surface area contributed by atoms with Crippen molar-refractivity contribution in [2.75, 3.05) is 17.2 Å². The van der Waals surface area contributed by atoms with Crippen molar-refractivity contribution in [2.45, 2.75) is 6.92 Å². The second-order valence-corrected chi connectivity index (χ2v) is 5.30. The zero-order chi connectivity index (χ0) is 19.1.